The van der Waals surface area contributed by atoms with Crippen LogP contribution in [0.25, 0.3) is 0 Å². The Labute approximate surface area is 61.7 Å². The van der Waals surface area contributed by atoms with Gasteiger partial charge in [0.2, 0.25) is 0 Å². The van der Waals surface area contributed by atoms with Crippen LogP contribution in [0.5, 0.6) is 0 Å². The lowest BCUT2D eigenvalue weighted by atomic mass is 9.90. The predicted octanol–water partition coefficient (Wildman–Crippen LogP) is 0.125. The Balaban J connectivity index is 3.23. The van der Waals surface area contributed by atoms with E-state index in [1.165, 1.54) is 5.56 Å². The third-order valence-electron chi connectivity index (χ3n) is 1.50. The molecule has 0 atom stereocenters. The third-order valence-corrected chi connectivity index (χ3v) is 1.50. The van der Waals surface area contributed by atoms with Crippen LogP contribution in [-0.2, 0) is 0 Å². The first-order chi connectivity index (χ1) is 4.74. The predicted molar refractivity (Wildman–Crippen MR) is 44.1 cm³/mol. The molecule has 0 saturated carbocycles. The van der Waals surface area contributed by atoms with Crippen molar-refractivity contribution in [1.29, 1.82) is 5.26 Å². The highest BCUT2D eigenvalue weighted by atomic mass is 14.2. The maximum absolute atomic E-state index is 8.56. The van der Waals surface area contributed by atoms with Gasteiger partial charge in [0.25, 0.3) is 0 Å². The van der Waals surface area contributed by atoms with E-state index in [2.05, 4.69) is 6.07 Å². The molecule has 10 heavy (non-hydrogen) atoms. The molecule has 0 saturated heterocycles. The number of hydrogen-bond donors (Lipinski definition) is 0. The molecule has 2 heteroatoms. The molecule has 0 bridgehead atoms. The molecule has 0 aliphatic rings. The molecule has 0 unspecified atom stereocenters. The molecule has 1 nitrogen and oxygen atoms in total. The fourth-order valence-corrected chi connectivity index (χ4v) is 0.939. The zero-order valence-corrected chi connectivity index (χ0v) is 6.18. The van der Waals surface area contributed by atoms with Crippen LogP contribution in [0.15, 0.2) is 18.2 Å². The smallest absolute Gasteiger partial charge is 0.141 e. The number of aryl methyl sites for hydroxylation is 1. The van der Waals surface area contributed by atoms with E-state index in [1.807, 2.05) is 33.0 Å². The summed E-state index contributed by atoms with van der Waals surface area (Å²) in [6, 6.07) is 7.94. The summed E-state index contributed by atoms with van der Waals surface area (Å²) in [5.41, 5.74) is 3.03. The van der Waals surface area contributed by atoms with Gasteiger partial charge in [-0.25, -0.2) is 0 Å². The van der Waals surface area contributed by atoms with Gasteiger partial charge in [-0.1, -0.05) is 23.2 Å². The lowest BCUT2D eigenvalue weighted by Crippen LogP contribution is -2.07. The Morgan fingerprint density at radius 3 is 2.70 bits per heavy atom. The Morgan fingerprint density at radius 2 is 2.20 bits per heavy atom. The summed E-state index contributed by atoms with van der Waals surface area (Å²) in [6.07, 6.45) is 0. The van der Waals surface area contributed by atoms with Gasteiger partial charge >= 0.3 is 0 Å². The zero-order chi connectivity index (χ0) is 7.56. The summed E-state index contributed by atoms with van der Waals surface area (Å²) in [5, 5.41) is 8.56. The standard InChI is InChI=1S/C8H8BN/c1-6-2-3-7(5-10)8(9)4-6/h2-4H,9H2,1H3. The number of nitriles is 1. The molecule has 0 aliphatic carbocycles. The lowest BCUT2D eigenvalue weighted by Gasteiger charge is -1.96. The van der Waals surface area contributed by atoms with Gasteiger partial charge in [0, 0.05) is 5.56 Å². The van der Waals surface area contributed by atoms with E-state index in [4.69, 9.17) is 5.26 Å². The van der Waals surface area contributed by atoms with Crippen molar-refractivity contribution in [3.05, 3.63) is 29.3 Å². The minimum Gasteiger partial charge on any atom is -0.192 e. The molecule has 1 aromatic rings. The number of rotatable bonds is 0. The van der Waals surface area contributed by atoms with Crippen molar-refractivity contribution < 1.29 is 0 Å². The van der Waals surface area contributed by atoms with Crippen molar-refractivity contribution in [2.75, 3.05) is 0 Å². The molecule has 0 spiro atoms. The van der Waals surface area contributed by atoms with Crippen molar-refractivity contribution >= 4 is 13.3 Å². The van der Waals surface area contributed by atoms with E-state index in [1.54, 1.807) is 0 Å². The average Bonchev–Trinajstić information content (AvgIpc) is 1.88. The molecule has 1 aromatic carbocycles. The van der Waals surface area contributed by atoms with Gasteiger partial charge in [0.05, 0.1) is 6.07 Å². The number of benzene rings is 1. The van der Waals surface area contributed by atoms with E-state index < -0.39 is 0 Å². The maximum atomic E-state index is 8.56. The molecule has 0 radical (unpaired) electrons. The first-order valence-electron chi connectivity index (χ1n) is 3.21. The summed E-state index contributed by atoms with van der Waals surface area (Å²) >= 11 is 0. The fraction of sp³-hybridized carbons (Fsp3) is 0.125. The van der Waals surface area contributed by atoms with Crippen molar-refractivity contribution in [3.63, 3.8) is 0 Å². The molecule has 0 aliphatic heterocycles. The monoisotopic (exact) mass is 129 g/mol. The van der Waals surface area contributed by atoms with Crippen LogP contribution in [0.3, 0.4) is 0 Å². The second-order valence-electron chi connectivity index (χ2n) is 2.43. The largest absolute Gasteiger partial charge is 0.192 e. The van der Waals surface area contributed by atoms with E-state index in [-0.39, 0.29) is 0 Å². The van der Waals surface area contributed by atoms with Crippen LogP contribution in [0.2, 0.25) is 0 Å². The normalized spacial score (nSPS) is 8.80. The summed E-state index contributed by atoms with van der Waals surface area (Å²) in [4.78, 5) is 0. The van der Waals surface area contributed by atoms with Gasteiger partial charge in [0.15, 0.2) is 0 Å². The molecule has 0 aromatic heterocycles. The topological polar surface area (TPSA) is 23.8 Å². The fourth-order valence-electron chi connectivity index (χ4n) is 0.939. The molecule has 0 fully saturated rings. The molecular weight excluding hydrogens is 121 g/mol. The second-order valence-corrected chi connectivity index (χ2v) is 2.43. The second kappa shape index (κ2) is 2.57. The quantitative estimate of drug-likeness (QED) is 0.456. The first kappa shape index (κ1) is 6.89. The van der Waals surface area contributed by atoms with Crippen LogP contribution in [-0.4, -0.2) is 7.85 Å². The Bertz CT molecular complexity index is 286. The summed E-state index contributed by atoms with van der Waals surface area (Å²) in [5.74, 6) is 0. The minimum atomic E-state index is 0.769. The van der Waals surface area contributed by atoms with Crippen LogP contribution < -0.4 is 5.46 Å². The molecular formula is C8H8BN. The van der Waals surface area contributed by atoms with Crippen LogP contribution in [0.4, 0.5) is 0 Å². The highest BCUT2D eigenvalue weighted by Crippen LogP contribution is 1.96. The molecule has 0 amide bonds. The lowest BCUT2D eigenvalue weighted by molar-refractivity contribution is 1.45. The molecule has 0 N–H and O–H groups in total. The number of hydrogen-bond acceptors (Lipinski definition) is 1. The molecule has 48 valence electrons. The van der Waals surface area contributed by atoms with Crippen molar-refractivity contribution in [3.8, 4) is 6.07 Å². The summed E-state index contributed by atoms with van der Waals surface area (Å²) < 4.78 is 0. The molecule has 1 rings (SSSR count). The Kier molecular flexibility index (Phi) is 1.77. The van der Waals surface area contributed by atoms with Gasteiger partial charge in [-0.3, -0.25) is 0 Å². The SMILES string of the molecule is Bc1cc(C)ccc1C#N. The van der Waals surface area contributed by atoms with Gasteiger partial charge in [-0.15, -0.1) is 0 Å². The van der Waals surface area contributed by atoms with Gasteiger partial charge < -0.3 is 0 Å². The summed E-state index contributed by atoms with van der Waals surface area (Å²) in [7, 11) is 1.95. The van der Waals surface area contributed by atoms with E-state index in [9.17, 15) is 0 Å². The third kappa shape index (κ3) is 1.19. The minimum absolute atomic E-state index is 0.769. The van der Waals surface area contributed by atoms with Crippen LogP contribution in [0.1, 0.15) is 11.1 Å². The average molecular weight is 129 g/mol. The molecule has 0 heterocycles. The van der Waals surface area contributed by atoms with Gasteiger partial charge in [0.1, 0.15) is 7.85 Å². The van der Waals surface area contributed by atoms with Crippen molar-refractivity contribution in [1.82, 2.24) is 0 Å². The summed E-state index contributed by atoms with van der Waals surface area (Å²) in [6.45, 7) is 2.02. The van der Waals surface area contributed by atoms with E-state index >= 15 is 0 Å². The van der Waals surface area contributed by atoms with Crippen LogP contribution in [0, 0.1) is 18.3 Å². The maximum Gasteiger partial charge on any atom is 0.141 e. The van der Waals surface area contributed by atoms with Crippen LogP contribution >= 0.6 is 0 Å². The van der Waals surface area contributed by atoms with Crippen molar-refractivity contribution in [2.24, 2.45) is 0 Å². The highest BCUT2D eigenvalue weighted by Gasteiger charge is 1.93. The van der Waals surface area contributed by atoms with E-state index in [0.717, 1.165) is 11.0 Å². The van der Waals surface area contributed by atoms with Crippen molar-refractivity contribution in [2.45, 2.75) is 6.92 Å². The van der Waals surface area contributed by atoms with Gasteiger partial charge in [-0.2, -0.15) is 5.26 Å². The van der Waals surface area contributed by atoms with Gasteiger partial charge in [-0.05, 0) is 13.0 Å². The Morgan fingerprint density at radius 1 is 1.50 bits per heavy atom. The highest BCUT2D eigenvalue weighted by molar-refractivity contribution is 6.33. The Hall–Kier alpha value is -1.23. The number of nitrogens with zero attached hydrogens (tertiary/aromatic N) is 1. The first-order valence-corrected chi connectivity index (χ1v) is 3.21. The zero-order valence-electron chi connectivity index (χ0n) is 6.18. The van der Waals surface area contributed by atoms with E-state index in [0.29, 0.717) is 0 Å².